The summed E-state index contributed by atoms with van der Waals surface area (Å²) >= 11 is 0. The first kappa shape index (κ1) is 38.5. The maximum Gasteiger partial charge on any atom is 0.288 e. The second-order valence-electron chi connectivity index (χ2n) is 12.0. The van der Waals surface area contributed by atoms with E-state index >= 15 is 0 Å². The maximum atomic E-state index is 13.5. The molecule has 4 aromatic rings. The Hall–Kier alpha value is -5.26. The zero-order chi connectivity index (χ0) is 36.6. The van der Waals surface area contributed by atoms with E-state index in [1.165, 1.54) is 11.1 Å². The number of hydroxylamine groups is 2. The van der Waals surface area contributed by atoms with Crippen LogP contribution in [0.25, 0.3) is 11.3 Å². The molecule has 1 heterocycles. The highest BCUT2D eigenvalue weighted by molar-refractivity contribution is 6.01. The molecular formula is C40H47N3O8. The lowest BCUT2D eigenvalue weighted by Gasteiger charge is -2.32. The van der Waals surface area contributed by atoms with Crippen LogP contribution in [-0.4, -0.2) is 53.5 Å². The van der Waals surface area contributed by atoms with Crippen LogP contribution < -0.4 is 15.4 Å². The summed E-state index contributed by atoms with van der Waals surface area (Å²) in [6.45, 7) is 6.15. The molecule has 3 N–H and O–H groups in total. The lowest BCUT2D eigenvalue weighted by atomic mass is 9.90. The van der Waals surface area contributed by atoms with E-state index in [-0.39, 0.29) is 30.5 Å². The standard InChI is InChI=1S/C40H47N3O8/c1-4-7-10-19-33(34(5-2)43(27-44)50-25-28-15-11-8-12-16-28)39(47)41-26-42-40(48)36-21-20-35(51-36)30-22-31(24-32(23-30)49-6-3)38(46)37(45)29-17-13-9-14-18-29/h8-9,11-18,20-24,27,33-34,37,45H,4-7,10,19,25-26H2,1-3H3,(H,41,47)(H,42,48)/t33?,34-,37?/m1/s1. The summed E-state index contributed by atoms with van der Waals surface area (Å²) in [5, 5.41) is 17.4. The highest BCUT2D eigenvalue weighted by Gasteiger charge is 2.32. The van der Waals surface area contributed by atoms with Gasteiger partial charge >= 0.3 is 0 Å². The quantitative estimate of drug-likeness (QED) is 0.0289. The van der Waals surface area contributed by atoms with E-state index in [4.69, 9.17) is 14.0 Å². The Kier molecular flexibility index (Phi) is 15.0. The van der Waals surface area contributed by atoms with Gasteiger partial charge in [0.25, 0.3) is 5.91 Å². The van der Waals surface area contributed by atoms with Crippen molar-refractivity contribution in [2.45, 2.75) is 71.6 Å². The van der Waals surface area contributed by atoms with Crippen LogP contribution in [0.5, 0.6) is 5.75 Å². The Morgan fingerprint density at radius 3 is 2.29 bits per heavy atom. The van der Waals surface area contributed by atoms with E-state index in [1.54, 1.807) is 54.6 Å². The molecule has 0 bridgehead atoms. The SMILES string of the molecule is CCCCCC(C(=O)NCNC(=O)c1ccc(-c2cc(OCC)cc(C(=O)C(O)c3ccccc3)c2)o1)[C@@H](CC)N(C=O)OCc1ccccc1. The number of amides is 3. The molecule has 1 aromatic heterocycles. The number of nitrogens with zero attached hydrogens (tertiary/aromatic N) is 1. The fourth-order valence-corrected chi connectivity index (χ4v) is 5.80. The summed E-state index contributed by atoms with van der Waals surface area (Å²) < 4.78 is 11.5. The van der Waals surface area contributed by atoms with Gasteiger partial charge in [-0.15, -0.1) is 0 Å². The fourth-order valence-electron chi connectivity index (χ4n) is 5.80. The molecule has 0 saturated heterocycles. The van der Waals surface area contributed by atoms with E-state index in [2.05, 4.69) is 17.6 Å². The van der Waals surface area contributed by atoms with Crippen LogP contribution in [0.1, 0.15) is 91.0 Å². The Morgan fingerprint density at radius 2 is 1.63 bits per heavy atom. The van der Waals surface area contributed by atoms with Crippen molar-refractivity contribution in [1.29, 1.82) is 0 Å². The number of benzene rings is 3. The molecule has 11 nitrogen and oxygen atoms in total. The number of hydrogen-bond acceptors (Lipinski definition) is 8. The lowest BCUT2D eigenvalue weighted by Crippen LogP contribution is -2.48. The molecule has 2 unspecified atom stereocenters. The van der Waals surface area contributed by atoms with Crippen molar-refractivity contribution in [2.75, 3.05) is 13.3 Å². The molecule has 3 atom stereocenters. The minimum Gasteiger partial charge on any atom is -0.494 e. The lowest BCUT2D eigenvalue weighted by molar-refractivity contribution is -0.200. The van der Waals surface area contributed by atoms with Gasteiger partial charge in [-0.25, -0.2) is 5.06 Å². The number of rotatable bonds is 21. The summed E-state index contributed by atoms with van der Waals surface area (Å²) in [5.74, 6) is -1.25. The molecule has 3 aromatic carbocycles. The summed E-state index contributed by atoms with van der Waals surface area (Å²) in [7, 11) is 0. The molecule has 11 heteroatoms. The third-order valence-electron chi connectivity index (χ3n) is 8.48. The number of ketones is 1. The van der Waals surface area contributed by atoms with Crippen molar-refractivity contribution < 1.29 is 38.3 Å². The average molecular weight is 698 g/mol. The van der Waals surface area contributed by atoms with Crippen LogP contribution in [0.3, 0.4) is 0 Å². The summed E-state index contributed by atoms with van der Waals surface area (Å²) in [6.07, 6.45) is 2.97. The van der Waals surface area contributed by atoms with Gasteiger partial charge in [-0.3, -0.25) is 24.0 Å². The number of carbonyl (C=O) groups is 4. The first-order valence-corrected chi connectivity index (χ1v) is 17.4. The van der Waals surface area contributed by atoms with Crippen molar-refractivity contribution in [3.05, 3.63) is 113 Å². The third-order valence-corrected chi connectivity index (χ3v) is 8.48. The normalized spacial score (nSPS) is 12.7. The Balaban J connectivity index is 1.42. The van der Waals surface area contributed by atoms with Gasteiger partial charge in [0.05, 0.1) is 25.2 Å². The minimum atomic E-state index is -1.37. The first-order chi connectivity index (χ1) is 24.8. The molecule has 0 aliphatic carbocycles. The number of unbranched alkanes of at least 4 members (excludes halogenated alkanes) is 2. The van der Waals surface area contributed by atoms with E-state index in [0.29, 0.717) is 48.5 Å². The van der Waals surface area contributed by atoms with Gasteiger partial charge in [0.2, 0.25) is 12.3 Å². The average Bonchev–Trinajstić information content (AvgIpc) is 3.66. The van der Waals surface area contributed by atoms with Crippen LogP contribution in [0.2, 0.25) is 0 Å². The zero-order valence-corrected chi connectivity index (χ0v) is 29.4. The van der Waals surface area contributed by atoms with Crippen LogP contribution in [0.4, 0.5) is 0 Å². The smallest absolute Gasteiger partial charge is 0.288 e. The second-order valence-corrected chi connectivity index (χ2v) is 12.0. The maximum absolute atomic E-state index is 13.5. The van der Waals surface area contributed by atoms with Crippen molar-refractivity contribution in [1.82, 2.24) is 15.7 Å². The number of ether oxygens (including phenoxy) is 1. The summed E-state index contributed by atoms with van der Waals surface area (Å²) in [5.41, 5.74) is 2.05. The van der Waals surface area contributed by atoms with Gasteiger partial charge in [0.15, 0.2) is 11.5 Å². The summed E-state index contributed by atoms with van der Waals surface area (Å²) in [6, 6.07) is 25.5. The predicted molar refractivity (Wildman–Crippen MR) is 192 cm³/mol. The van der Waals surface area contributed by atoms with Crippen molar-refractivity contribution in [3.8, 4) is 17.1 Å². The van der Waals surface area contributed by atoms with Gasteiger partial charge in [-0.05, 0) is 61.2 Å². The number of Topliss-reactive ketones (excluding diaryl/α,β-unsaturated/α-hetero) is 1. The van der Waals surface area contributed by atoms with Gasteiger partial charge in [0.1, 0.15) is 24.2 Å². The number of carbonyl (C=O) groups excluding carboxylic acids is 4. The highest BCUT2D eigenvalue weighted by atomic mass is 16.7. The van der Waals surface area contributed by atoms with Gasteiger partial charge in [-0.1, -0.05) is 93.8 Å². The van der Waals surface area contributed by atoms with Crippen LogP contribution in [0.15, 0.2) is 95.4 Å². The minimum absolute atomic E-state index is 0.00867. The Labute approximate surface area is 298 Å². The molecule has 0 aliphatic rings. The molecule has 0 fully saturated rings. The van der Waals surface area contributed by atoms with E-state index < -0.39 is 29.8 Å². The van der Waals surface area contributed by atoms with Gasteiger partial charge in [0, 0.05) is 11.1 Å². The number of aliphatic hydroxyl groups excluding tert-OH is 1. The van der Waals surface area contributed by atoms with Crippen LogP contribution in [0, 0.1) is 5.92 Å². The molecule has 0 aliphatic heterocycles. The first-order valence-electron chi connectivity index (χ1n) is 17.4. The van der Waals surface area contributed by atoms with Gasteiger partial charge < -0.3 is 24.9 Å². The van der Waals surface area contributed by atoms with Crippen LogP contribution in [-0.2, 0) is 21.0 Å². The number of furan rings is 1. The topological polar surface area (TPSA) is 147 Å². The fraction of sp³-hybridized carbons (Fsp3) is 0.350. The third kappa shape index (κ3) is 10.9. The molecular weight excluding hydrogens is 650 g/mol. The van der Waals surface area contributed by atoms with E-state index in [9.17, 15) is 24.3 Å². The molecule has 0 radical (unpaired) electrons. The van der Waals surface area contributed by atoms with E-state index in [0.717, 1.165) is 24.8 Å². The molecule has 0 spiro atoms. The molecule has 51 heavy (non-hydrogen) atoms. The highest BCUT2D eigenvalue weighted by Crippen LogP contribution is 2.30. The Morgan fingerprint density at radius 1 is 0.902 bits per heavy atom. The van der Waals surface area contributed by atoms with Crippen molar-refractivity contribution in [2.24, 2.45) is 5.92 Å². The van der Waals surface area contributed by atoms with Crippen LogP contribution >= 0.6 is 0 Å². The predicted octanol–water partition coefficient (Wildman–Crippen LogP) is 6.63. The van der Waals surface area contributed by atoms with E-state index in [1.807, 2.05) is 44.2 Å². The molecule has 0 saturated carbocycles. The molecule has 3 amide bonds. The summed E-state index contributed by atoms with van der Waals surface area (Å²) in [4.78, 5) is 57.8. The zero-order valence-electron chi connectivity index (χ0n) is 29.4. The molecule has 4 rings (SSSR count). The number of nitrogens with one attached hydrogen (secondary N) is 2. The second kappa shape index (κ2) is 19.8. The molecule has 270 valence electrons. The van der Waals surface area contributed by atoms with Gasteiger partial charge in [-0.2, -0.15) is 0 Å². The monoisotopic (exact) mass is 697 g/mol. The Bertz CT molecular complexity index is 1710. The number of hydrogen-bond donors (Lipinski definition) is 3. The van der Waals surface area contributed by atoms with Crippen molar-refractivity contribution >= 4 is 24.0 Å². The number of aliphatic hydroxyl groups is 1. The van der Waals surface area contributed by atoms with Crippen molar-refractivity contribution in [3.63, 3.8) is 0 Å². The largest absolute Gasteiger partial charge is 0.494 e.